The van der Waals surface area contributed by atoms with Crippen LogP contribution >= 0.6 is 23.4 Å². The summed E-state index contributed by atoms with van der Waals surface area (Å²) in [4.78, 5) is 25.6. The van der Waals surface area contributed by atoms with Gasteiger partial charge in [-0.2, -0.15) is 0 Å². The van der Waals surface area contributed by atoms with Crippen LogP contribution in [0, 0.1) is 0 Å². The van der Waals surface area contributed by atoms with E-state index in [1.165, 1.54) is 18.9 Å². The number of ether oxygens (including phenoxy) is 1. The molecule has 0 aromatic heterocycles. The van der Waals surface area contributed by atoms with Gasteiger partial charge in [0, 0.05) is 19.1 Å². The van der Waals surface area contributed by atoms with E-state index in [4.69, 9.17) is 26.7 Å². The third kappa shape index (κ3) is 4.13. The molecule has 2 atom stereocenters. The minimum Gasteiger partial charge on any atom is -0.534 e. The largest absolute Gasteiger partial charge is 0.536 e. The van der Waals surface area contributed by atoms with Gasteiger partial charge >= 0.3 is 13.1 Å². The van der Waals surface area contributed by atoms with E-state index in [9.17, 15) is 19.7 Å². The Morgan fingerprint density at radius 3 is 2.89 bits per heavy atom. The predicted octanol–water partition coefficient (Wildman–Crippen LogP) is 0.663. The lowest BCUT2D eigenvalue weighted by Gasteiger charge is -2.29. The van der Waals surface area contributed by atoms with Gasteiger partial charge in [0.1, 0.15) is 11.3 Å². The van der Waals surface area contributed by atoms with Crippen molar-refractivity contribution in [3.05, 3.63) is 22.2 Å². The lowest BCUT2D eigenvalue weighted by atomic mass is 9.77. The number of carbonyl (C=O) groups excluding carboxylic acids is 1. The highest BCUT2D eigenvalue weighted by Crippen LogP contribution is 2.42. The molecular formula is C16H20BClN2O6S. The molecule has 3 rings (SSSR count). The number of nitrogens with zero attached hydrogens (tertiary/aromatic N) is 1. The van der Waals surface area contributed by atoms with Gasteiger partial charge in [-0.3, -0.25) is 4.79 Å². The molecule has 4 N–H and O–H groups in total. The Bertz CT molecular complexity index is 767. The molecule has 0 radical (unpaired) electrons. The molecule has 1 aromatic rings. The van der Waals surface area contributed by atoms with Crippen molar-refractivity contribution in [2.45, 2.75) is 24.0 Å². The van der Waals surface area contributed by atoms with E-state index in [2.05, 4.69) is 0 Å². The topological polar surface area (TPSA) is 122 Å². The first-order chi connectivity index (χ1) is 12.8. The molecule has 27 heavy (non-hydrogen) atoms. The van der Waals surface area contributed by atoms with Gasteiger partial charge in [0.15, 0.2) is 5.75 Å². The normalized spacial score (nSPS) is 21.6. The molecule has 1 fully saturated rings. The van der Waals surface area contributed by atoms with Crippen molar-refractivity contribution in [1.29, 1.82) is 0 Å². The van der Waals surface area contributed by atoms with Gasteiger partial charge in [-0.1, -0.05) is 11.6 Å². The maximum absolute atomic E-state index is 12.3. The van der Waals surface area contributed by atoms with Crippen LogP contribution in [0.3, 0.4) is 0 Å². The number of aromatic carboxylic acids is 1. The van der Waals surface area contributed by atoms with Crippen molar-refractivity contribution in [1.82, 2.24) is 4.90 Å². The van der Waals surface area contributed by atoms with Crippen LogP contribution in [0.1, 0.15) is 22.3 Å². The number of amides is 1. The molecule has 2 heterocycles. The molecule has 1 amide bonds. The summed E-state index contributed by atoms with van der Waals surface area (Å²) < 4.78 is 10.5. The molecule has 146 valence electrons. The van der Waals surface area contributed by atoms with Gasteiger partial charge < -0.3 is 30.2 Å². The maximum Gasteiger partial charge on any atom is 0.536 e. The first-order valence-electron chi connectivity index (χ1n) is 8.44. The fourth-order valence-corrected chi connectivity index (χ4v) is 4.65. The van der Waals surface area contributed by atoms with Crippen molar-refractivity contribution in [2.24, 2.45) is 5.73 Å². The first kappa shape index (κ1) is 20.1. The second-order valence-corrected chi connectivity index (χ2v) is 8.15. The van der Waals surface area contributed by atoms with Crippen LogP contribution in [0.4, 0.5) is 0 Å². The molecule has 0 spiro atoms. The highest BCUT2D eigenvalue weighted by Gasteiger charge is 2.39. The molecule has 0 bridgehead atoms. The van der Waals surface area contributed by atoms with Crippen LogP contribution in [0.2, 0.25) is 5.02 Å². The van der Waals surface area contributed by atoms with E-state index in [1.807, 2.05) is 0 Å². The molecule has 11 heteroatoms. The number of hydrogen-bond acceptors (Lipinski definition) is 7. The first-order valence-corrected chi connectivity index (χ1v) is 9.86. The highest BCUT2D eigenvalue weighted by atomic mass is 35.5. The van der Waals surface area contributed by atoms with E-state index in [1.54, 1.807) is 11.0 Å². The number of halogens is 1. The van der Waals surface area contributed by atoms with Crippen molar-refractivity contribution < 1.29 is 29.1 Å². The summed E-state index contributed by atoms with van der Waals surface area (Å²) in [6, 6.07) is 1.59. The summed E-state index contributed by atoms with van der Waals surface area (Å²) >= 11 is 7.40. The number of carboxylic acids is 1. The quantitative estimate of drug-likeness (QED) is 0.601. The summed E-state index contributed by atoms with van der Waals surface area (Å²) in [6.45, 7) is 1.19. The zero-order valence-electron chi connectivity index (χ0n) is 14.7. The molecule has 2 aliphatic rings. The van der Waals surface area contributed by atoms with Gasteiger partial charge in [0.2, 0.25) is 5.91 Å². The summed E-state index contributed by atoms with van der Waals surface area (Å²) in [6.07, 6.45) is 1.11. The monoisotopic (exact) mass is 414 g/mol. The SMILES string of the molecule is COc1c(Cl)cc2c(c1C(=O)O)OB(O)C(SCC(=O)N1CCC(N)C1)C2. The van der Waals surface area contributed by atoms with E-state index in [0.29, 0.717) is 25.1 Å². The Kier molecular flexibility index (Phi) is 6.10. The average Bonchev–Trinajstić information content (AvgIpc) is 3.05. The summed E-state index contributed by atoms with van der Waals surface area (Å²) in [5.41, 5.74) is 6.16. The smallest absolute Gasteiger partial charge is 0.534 e. The highest BCUT2D eigenvalue weighted by molar-refractivity contribution is 8.01. The standard InChI is InChI=1S/C16H20BClN2O6S/c1-25-15-10(18)4-8-5-11(17(24)26-14(8)13(15)16(22)23)27-7-12(21)20-3-2-9(19)6-20/h4,9,11,24H,2-3,5-7,19H2,1H3,(H,22,23). The number of benzene rings is 1. The Morgan fingerprint density at radius 2 is 2.30 bits per heavy atom. The number of fused-ring (bicyclic) bond motifs is 1. The lowest BCUT2D eigenvalue weighted by Crippen LogP contribution is -2.42. The van der Waals surface area contributed by atoms with E-state index in [-0.39, 0.29) is 39.8 Å². The van der Waals surface area contributed by atoms with Crippen LogP contribution in [0.5, 0.6) is 11.5 Å². The molecule has 0 aliphatic carbocycles. The predicted molar refractivity (Wildman–Crippen MR) is 103 cm³/mol. The molecule has 1 aromatic carbocycles. The lowest BCUT2D eigenvalue weighted by molar-refractivity contribution is -0.127. The number of rotatable bonds is 5. The number of thioether (sulfide) groups is 1. The number of carboxylic acid groups (broad SMARTS) is 1. The number of hydrogen-bond donors (Lipinski definition) is 3. The minimum atomic E-state index is -1.26. The van der Waals surface area contributed by atoms with Crippen LogP contribution < -0.4 is 15.1 Å². The van der Waals surface area contributed by atoms with Gasteiger partial charge in [-0.05, 0) is 24.5 Å². The van der Waals surface area contributed by atoms with Gasteiger partial charge in [0.05, 0.1) is 23.0 Å². The Labute approximate surface area is 166 Å². The average molecular weight is 415 g/mol. The molecule has 0 saturated carbocycles. The summed E-state index contributed by atoms with van der Waals surface area (Å²) in [5.74, 6) is -1.08. The third-order valence-electron chi connectivity index (χ3n) is 4.66. The van der Waals surface area contributed by atoms with Gasteiger partial charge in [0.25, 0.3) is 0 Å². The van der Waals surface area contributed by atoms with Crippen LogP contribution in [-0.2, 0) is 11.2 Å². The van der Waals surface area contributed by atoms with E-state index >= 15 is 0 Å². The summed E-state index contributed by atoms with van der Waals surface area (Å²) in [5, 5.41) is 19.5. The Hall–Kier alpha value is -1.62. The van der Waals surface area contributed by atoms with Crippen molar-refractivity contribution in [3.8, 4) is 11.5 Å². The number of nitrogens with two attached hydrogens (primary N) is 1. The van der Waals surface area contributed by atoms with E-state index < -0.39 is 18.2 Å². The Balaban J connectivity index is 1.74. The third-order valence-corrected chi connectivity index (χ3v) is 6.18. The zero-order valence-corrected chi connectivity index (χ0v) is 16.3. The minimum absolute atomic E-state index is 0.0123. The van der Waals surface area contributed by atoms with Crippen LogP contribution in [0.25, 0.3) is 0 Å². The molecule has 1 saturated heterocycles. The van der Waals surface area contributed by atoms with Crippen molar-refractivity contribution in [2.75, 3.05) is 26.0 Å². The number of methoxy groups -OCH3 is 1. The molecular weight excluding hydrogens is 395 g/mol. The fraction of sp³-hybridized carbons (Fsp3) is 0.500. The van der Waals surface area contributed by atoms with Crippen LogP contribution in [0.15, 0.2) is 6.07 Å². The maximum atomic E-state index is 12.3. The second-order valence-electron chi connectivity index (χ2n) is 6.51. The van der Waals surface area contributed by atoms with Gasteiger partial charge in [-0.25, -0.2) is 4.79 Å². The number of likely N-dealkylation sites (tertiary alicyclic amines) is 1. The molecule has 2 aliphatic heterocycles. The fourth-order valence-electron chi connectivity index (χ4n) is 3.29. The van der Waals surface area contributed by atoms with E-state index in [0.717, 1.165) is 6.42 Å². The molecule has 2 unspecified atom stereocenters. The van der Waals surface area contributed by atoms with Crippen molar-refractivity contribution in [3.63, 3.8) is 0 Å². The molecule has 8 nitrogen and oxygen atoms in total. The number of carbonyl (C=O) groups is 2. The zero-order chi connectivity index (χ0) is 19.7. The van der Waals surface area contributed by atoms with Crippen LogP contribution in [-0.4, -0.2) is 71.2 Å². The van der Waals surface area contributed by atoms with Crippen molar-refractivity contribution >= 4 is 42.4 Å². The Morgan fingerprint density at radius 1 is 1.56 bits per heavy atom. The van der Waals surface area contributed by atoms with Gasteiger partial charge in [-0.15, -0.1) is 11.8 Å². The summed E-state index contributed by atoms with van der Waals surface area (Å²) in [7, 11) is 0.0634. The second kappa shape index (κ2) is 8.18.